The van der Waals surface area contributed by atoms with Crippen molar-refractivity contribution in [3.8, 4) is 11.4 Å². The summed E-state index contributed by atoms with van der Waals surface area (Å²) in [5, 5.41) is 9.76. The molecule has 0 aliphatic carbocycles. The fourth-order valence-corrected chi connectivity index (χ4v) is 4.44. The summed E-state index contributed by atoms with van der Waals surface area (Å²) in [7, 11) is 1.92. The predicted octanol–water partition coefficient (Wildman–Crippen LogP) is 4.20. The number of carbonyl (C=O) groups is 1. The van der Waals surface area contributed by atoms with E-state index < -0.39 is 0 Å². The van der Waals surface area contributed by atoms with Gasteiger partial charge in [0.1, 0.15) is 0 Å². The van der Waals surface area contributed by atoms with E-state index in [2.05, 4.69) is 28.4 Å². The first-order chi connectivity index (χ1) is 13.5. The summed E-state index contributed by atoms with van der Waals surface area (Å²) < 4.78 is 1.92. The van der Waals surface area contributed by atoms with Crippen LogP contribution in [0.25, 0.3) is 11.4 Å². The highest BCUT2D eigenvalue weighted by Crippen LogP contribution is 2.28. The summed E-state index contributed by atoms with van der Waals surface area (Å²) in [6.07, 6.45) is 0.907. The van der Waals surface area contributed by atoms with Gasteiger partial charge in [-0.2, -0.15) is 0 Å². The van der Waals surface area contributed by atoms with Gasteiger partial charge in [-0.15, -0.1) is 10.2 Å². The first-order valence-corrected chi connectivity index (χ1v) is 10.5. The van der Waals surface area contributed by atoms with Crippen LogP contribution in [0.2, 0.25) is 5.02 Å². The van der Waals surface area contributed by atoms with E-state index in [1.807, 2.05) is 53.8 Å². The Labute approximate surface area is 173 Å². The number of rotatable bonds is 4. The van der Waals surface area contributed by atoms with Crippen molar-refractivity contribution in [3.63, 3.8) is 0 Å². The Morgan fingerprint density at radius 1 is 1.11 bits per heavy atom. The molecule has 4 rings (SSSR count). The number of nitrogens with zero attached hydrogens (tertiary/aromatic N) is 4. The fraction of sp³-hybridized carbons (Fsp3) is 0.286. The van der Waals surface area contributed by atoms with Crippen LogP contribution in [0, 0.1) is 0 Å². The molecule has 0 saturated carbocycles. The van der Waals surface area contributed by atoms with E-state index in [0.29, 0.717) is 11.6 Å². The molecule has 1 aromatic heterocycles. The minimum absolute atomic E-state index is 0.135. The van der Waals surface area contributed by atoms with Gasteiger partial charge in [-0.25, -0.2) is 0 Å². The van der Waals surface area contributed by atoms with Crippen molar-refractivity contribution in [2.45, 2.75) is 30.3 Å². The Morgan fingerprint density at radius 3 is 2.57 bits per heavy atom. The molecule has 0 unspecified atom stereocenters. The van der Waals surface area contributed by atoms with E-state index in [-0.39, 0.29) is 11.2 Å². The minimum Gasteiger partial charge on any atom is -0.337 e. The molecule has 1 amide bonds. The molecule has 144 valence electrons. The van der Waals surface area contributed by atoms with Gasteiger partial charge in [0.2, 0.25) is 5.91 Å². The van der Waals surface area contributed by atoms with Gasteiger partial charge in [0.05, 0.1) is 5.25 Å². The average molecular weight is 413 g/mol. The van der Waals surface area contributed by atoms with Crippen LogP contribution >= 0.6 is 23.4 Å². The first-order valence-electron chi connectivity index (χ1n) is 9.20. The highest BCUT2D eigenvalue weighted by Gasteiger charge is 2.26. The maximum atomic E-state index is 13.0. The number of hydrogen-bond acceptors (Lipinski definition) is 4. The number of aromatic nitrogens is 3. The van der Waals surface area contributed by atoms with Crippen molar-refractivity contribution < 1.29 is 4.79 Å². The topological polar surface area (TPSA) is 51.0 Å². The summed E-state index contributed by atoms with van der Waals surface area (Å²) >= 11 is 7.41. The van der Waals surface area contributed by atoms with Crippen LogP contribution in [0.15, 0.2) is 53.7 Å². The van der Waals surface area contributed by atoms with Crippen molar-refractivity contribution in [1.29, 1.82) is 0 Å². The largest absolute Gasteiger partial charge is 0.337 e. The Morgan fingerprint density at radius 2 is 1.82 bits per heavy atom. The maximum absolute atomic E-state index is 13.0. The molecule has 0 spiro atoms. The zero-order valence-corrected chi connectivity index (χ0v) is 17.4. The third kappa shape index (κ3) is 3.80. The Hall–Kier alpha value is -2.31. The number of carbonyl (C=O) groups excluding carboxylic acids is 1. The molecule has 1 atom stereocenters. The van der Waals surface area contributed by atoms with Crippen molar-refractivity contribution >= 4 is 29.3 Å². The van der Waals surface area contributed by atoms with Gasteiger partial charge in [-0.1, -0.05) is 47.6 Å². The van der Waals surface area contributed by atoms with E-state index in [4.69, 9.17) is 11.6 Å². The molecule has 0 radical (unpaired) electrons. The fourth-order valence-electron chi connectivity index (χ4n) is 3.42. The van der Waals surface area contributed by atoms with Crippen molar-refractivity contribution in [2.24, 2.45) is 7.05 Å². The minimum atomic E-state index is -0.230. The molecular weight excluding hydrogens is 392 g/mol. The highest BCUT2D eigenvalue weighted by atomic mass is 35.5. The molecule has 3 aromatic rings. The highest BCUT2D eigenvalue weighted by molar-refractivity contribution is 8.00. The third-order valence-corrected chi connectivity index (χ3v) is 6.38. The number of fused-ring (bicyclic) bond motifs is 1. The van der Waals surface area contributed by atoms with E-state index in [1.54, 1.807) is 0 Å². The zero-order chi connectivity index (χ0) is 19.7. The van der Waals surface area contributed by atoms with E-state index >= 15 is 0 Å². The molecular formula is C21H21ClN4OS. The molecule has 0 saturated heterocycles. The van der Waals surface area contributed by atoms with Gasteiger partial charge in [-0.3, -0.25) is 4.79 Å². The summed E-state index contributed by atoms with van der Waals surface area (Å²) in [5.41, 5.74) is 3.52. The lowest BCUT2D eigenvalue weighted by Crippen LogP contribution is -2.40. The monoisotopic (exact) mass is 412 g/mol. The van der Waals surface area contributed by atoms with Crippen molar-refractivity contribution in [3.05, 3.63) is 64.7 Å². The number of amides is 1. The molecule has 2 heterocycles. The molecule has 28 heavy (non-hydrogen) atoms. The molecule has 0 fully saturated rings. The third-order valence-electron chi connectivity index (χ3n) is 5.01. The molecule has 1 aliphatic heterocycles. The van der Waals surface area contributed by atoms with Crippen LogP contribution in [0.1, 0.15) is 18.1 Å². The lowest BCUT2D eigenvalue weighted by molar-refractivity contribution is -0.131. The number of hydrogen-bond donors (Lipinski definition) is 0. The lowest BCUT2D eigenvalue weighted by atomic mass is 10.00. The Kier molecular flexibility index (Phi) is 5.42. The smallest absolute Gasteiger partial charge is 0.236 e. The molecule has 2 aromatic carbocycles. The standard InChI is InChI=1S/C21H21ClN4OS/c1-14(20(27)26-12-11-15-5-3-4-6-17(15)13-26)28-21-24-23-19(25(21)2)16-7-9-18(22)10-8-16/h3-10,14H,11-13H2,1-2H3/t14-/m0/s1. The van der Waals surface area contributed by atoms with Crippen LogP contribution < -0.4 is 0 Å². The van der Waals surface area contributed by atoms with Gasteiger partial charge >= 0.3 is 0 Å². The van der Waals surface area contributed by atoms with Gasteiger partial charge in [0.15, 0.2) is 11.0 Å². The zero-order valence-electron chi connectivity index (χ0n) is 15.8. The Bertz CT molecular complexity index is 1000. The van der Waals surface area contributed by atoms with Crippen LogP contribution in [0.3, 0.4) is 0 Å². The van der Waals surface area contributed by atoms with Gasteiger partial charge in [0.25, 0.3) is 0 Å². The van der Waals surface area contributed by atoms with Crippen molar-refractivity contribution in [1.82, 2.24) is 19.7 Å². The van der Waals surface area contributed by atoms with Crippen LogP contribution in [0.5, 0.6) is 0 Å². The van der Waals surface area contributed by atoms with Gasteiger partial charge < -0.3 is 9.47 Å². The molecule has 7 heteroatoms. The summed E-state index contributed by atoms with van der Waals surface area (Å²) in [5.74, 6) is 0.890. The lowest BCUT2D eigenvalue weighted by Gasteiger charge is -2.30. The second-order valence-corrected chi connectivity index (χ2v) is 8.66. The molecule has 0 bridgehead atoms. The second-order valence-electron chi connectivity index (χ2n) is 6.91. The van der Waals surface area contributed by atoms with Crippen LogP contribution in [0.4, 0.5) is 0 Å². The molecule has 5 nitrogen and oxygen atoms in total. The van der Waals surface area contributed by atoms with Crippen LogP contribution in [-0.4, -0.2) is 37.4 Å². The van der Waals surface area contributed by atoms with Gasteiger partial charge in [0, 0.05) is 30.7 Å². The maximum Gasteiger partial charge on any atom is 0.236 e. The molecule has 1 aliphatic rings. The van der Waals surface area contributed by atoms with E-state index in [9.17, 15) is 4.79 Å². The van der Waals surface area contributed by atoms with E-state index in [0.717, 1.165) is 29.5 Å². The normalized spacial score (nSPS) is 14.6. The SMILES string of the molecule is C[C@H](Sc1nnc(-c2ccc(Cl)cc2)n1C)C(=O)N1CCc2ccccc2C1. The number of benzene rings is 2. The predicted molar refractivity (Wildman–Crippen MR) is 112 cm³/mol. The summed E-state index contributed by atoms with van der Waals surface area (Å²) in [6.45, 7) is 3.37. The summed E-state index contributed by atoms with van der Waals surface area (Å²) in [4.78, 5) is 14.9. The molecule has 0 N–H and O–H groups in total. The Balaban J connectivity index is 1.46. The van der Waals surface area contributed by atoms with Crippen LogP contribution in [-0.2, 0) is 24.8 Å². The summed E-state index contributed by atoms with van der Waals surface area (Å²) in [6, 6.07) is 15.8. The quantitative estimate of drug-likeness (QED) is 0.602. The van der Waals surface area contributed by atoms with E-state index in [1.165, 1.54) is 22.9 Å². The number of halogens is 1. The average Bonchev–Trinajstić information content (AvgIpc) is 3.08. The second kappa shape index (κ2) is 7.97. The first kappa shape index (κ1) is 19.0. The van der Waals surface area contributed by atoms with Crippen molar-refractivity contribution in [2.75, 3.05) is 6.54 Å². The number of thioether (sulfide) groups is 1. The van der Waals surface area contributed by atoms with Gasteiger partial charge in [-0.05, 0) is 48.7 Å².